The molecule has 0 aliphatic heterocycles. The topological polar surface area (TPSA) is 29.1 Å². The van der Waals surface area contributed by atoms with Crippen LogP contribution in [0.5, 0.6) is 0 Å². The number of benzene rings is 3. The van der Waals surface area contributed by atoms with Crippen molar-refractivity contribution in [3.8, 4) is 0 Å². The minimum Gasteiger partial charge on any atom is -0.352 e. The van der Waals surface area contributed by atoms with Crippen LogP contribution in [0.4, 0.5) is 0 Å². The molecule has 0 atom stereocenters. The van der Waals surface area contributed by atoms with Gasteiger partial charge in [-0.25, -0.2) is 0 Å². The van der Waals surface area contributed by atoms with Crippen LogP contribution in [0.2, 0.25) is 5.02 Å². The zero-order valence-electron chi connectivity index (χ0n) is 12.1. The van der Waals surface area contributed by atoms with E-state index in [0.29, 0.717) is 18.0 Å². The van der Waals surface area contributed by atoms with Gasteiger partial charge < -0.3 is 5.32 Å². The number of nitrogens with one attached hydrogen (secondary N) is 1. The molecular formula is C19H16ClNO. The van der Waals surface area contributed by atoms with Gasteiger partial charge in [0.05, 0.1) is 6.42 Å². The predicted octanol–water partition coefficient (Wildman–Crippen LogP) is 4.35. The highest BCUT2D eigenvalue weighted by Gasteiger charge is 2.06. The maximum Gasteiger partial charge on any atom is 0.224 e. The lowest BCUT2D eigenvalue weighted by Gasteiger charge is -2.07. The molecule has 0 aliphatic rings. The average Bonchev–Trinajstić information content (AvgIpc) is 2.55. The second kappa shape index (κ2) is 6.63. The van der Waals surface area contributed by atoms with Crippen molar-refractivity contribution in [2.45, 2.75) is 13.0 Å². The van der Waals surface area contributed by atoms with Gasteiger partial charge in [0.2, 0.25) is 5.91 Å². The molecule has 0 bridgehead atoms. The normalized spacial score (nSPS) is 10.6. The largest absolute Gasteiger partial charge is 0.352 e. The van der Waals surface area contributed by atoms with E-state index < -0.39 is 0 Å². The Morgan fingerprint density at radius 3 is 2.45 bits per heavy atom. The van der Waals surface area contributed by atoms with Gasteiger partial charge in [0.15, 0.2) is 0 Å². The third kappa shape index (κ3) is 3.46. The molecule has 3 aromatic rings. The van der Waals surface area contributed by atoms with Crippen molar-refractivity contribution >= 4 is 28.3 Å². The van der Waals surface area contributed by atoms with Crippen LogP contribution in [-0.4, -0.2) is 5.91 Å². The number of fused-ring (bicyclic) bond motifs is 1. The van der Waals surface area contributed by atoms with Crippen LogP contribution < -0.4 is 5.32 Å². The van der Waals surface area contributed by atoms with E-state index in [1.807, 2.05) is 36.4 Å². The maximum atomic E-state index is 12.0. The Hall–Kier alpha value is -2.32. The number of carbonyl (C=O) groups excluding carboxylic acids is 1. The molecule has 0 spiro atoms. The molecule has 0 aromatic heterocycles. The van der Waals surface area contributed by atoms with Crippen molar-refractivity contribution in [1.29, 1.82) is 0 Å². The Morgan fingerprint density at radius 1 is 0.909 bits per heavy atom. The summed E-state index contributed by atoms with van der Waals surface area (Å²) in [6.45, 7) is 0.522. The molecular weight excluding hydrogens is 294 g/mol. The van der Waals surface area contributed by atoms with E-state index in [1.54, 1.807) is 6.07 Å². The van der Waals surface area contributed by atoms with Crippen molar-refractivity contribution in [2.75, 3.05) is 0 Å². The zero-order valence-corrected chi connectivity index (χ0v) is 12.8. The maximum absolute atomic E-state index is 12.0. The number of amides is 1. The fraction of sp³-hybridized carbons (Fsp3) is 0.105. The van der Waals surface area contributed by atoms with Gasteiger partial charge in [0.25, 0.3) is 0 Å². The van der Waals surface area contributed by atoms with Gasteiger partial charge in [-0.2, -0.15) is 0 Å². The Labute approximate surface area is 134 Å². The summed E-state index contributed by atoms with van der Waals surface area (Å²) >= 11 is 6.07. The lowest BCUT2D eigenvalue weighted by Crippen LogP contribution is -2.24. The molecule has 0 aliphatic carbocycles. The standard InChI is InChI=1S/C19H16ClNO/c20-18-8-4-3-7-17(18)12-19(22)21-13-14-9-10-15-5-1-2-6-16(15)11-14/h1-11H,12-13H2,(H,21,22). The van der Waals surface area contributed by atoms with Crippen LogP contribution in [0, 0.1) is 0 Å². The van der Waals surface area contributed by atoms with Crippen LogP contribution in [0.25, 0.3) is 10.8 Å². The Bertz CT molecular complexity index is 813. The molecule has 0 saturated carbocycles. The van der Waals surface area contributed by atoms with E-state index in [2.05, 4.69) is 29.6 Å². The second-order valence-electron chi connectivity index (χ2n) is 5.23. The first-order valence-electron chi connectivity index (χ1n) is 7.20. The number of hydrogen-bond acceptors (Lipinski definition) is 1. The number of carbonyl (C=O) groups is 1. The van der Waals surface area contributed by atoms with Crippen LogP contribution >= 0.6 is 11.6 Å². The predicted molar refractivity (Wildman–Crippen MR) is 91.0 cm³/mol. The fourth-order valence-electron chi connectivity index (χ4n) is 2.43. The first-order valence-corrected chi connectivity index (χ1v) is 7.58. The van der Waals surface area contributed by atoms with E-state index in [0.717, 1.165) is 11.1 Å². The first kappa shape index (κ1) is 14.6. The van der Waals surface area contributed by atoms with Crippen molar-refractivity contribution in [3.05, 3.63) is 82.9 Å². The van der Waals surface area contributed by atoms with Crippen LogP contribution in [0.1, 0.15) is 11.1 Å². The third-order valence-corrected chi connectivity index (χ3v) is 3.98. The highest BCUT2D eigenvalue weighted by Crippen LogP contribution is 2.17. The van der Waals surface area contributed by atoms with Crippen LogP contribution in [0.15, 0.2) is 66.7 Å². The van der Waals surface area contributed by atoms with Gasteiger partial charge in [-0.1, -0.05) is 66.2 Å². The molecule has 3 aromatic carbocycles. The summed E-state index contributed by atoms with van der Waals surface area (Å²) in [6.07, 6.45) is 0.299. The highest BCUT2D eigenvalue weighted by atomic mass is 35.5. The summed E-state index contributed by atoms with van der Waals surface area (Å²) in [6, 6.07) is 21.8. The molecule has 0 heterocycles. The minimum atomic E-state index is -0.0266. The van der Waals surface area contributed by atoms with Gasteiger partial charge in [0, 0.05) is 11.6 Å². The van der Waals surface area contributed by atoms with Crippen molar-refractivity contribution < 1.29 is 4.79 Å². The first-order chi connectivity index (χ1) is 10.7. The van der Waals surface area contributed by atoms with Crippen LogP contribution in [-0.2, 0) is 17.8 Å². The molecule has 0 saturated heterocycles. The number of hydrogen-bond donors (Lipinski definition) is 1. The van der Waals surface area contributed by atoms with Gasteiger partial charge in [-0.3, -0.25) is 4.79 Å². The SMILES string of the molecule is O=C(Cc1ccccc1Cl)NCc1ccc2ccccc2c1. The minimum absolute atomic E-state index is 0.0266. The number of rotatable bonds is 4. The van der Waals surface area contributed by atoms with E-state index in [1.165, 1.54) is 10.8 Å². The highest BCUT2D eigenvalue weighted by molar-refractivity contribution is 6.31. The second-order valence-corrected chi connectivity index (χ2v) is 5.63. The molecule has 0 radical (unpaired) electrons. The molecule has 1 N–H and O–H groups in total. The Kier molecular flexibility index (Phi) is 4.40. The van der Waals surface area contributed by atoms with E-state index in [9.17, 15) is 4.79 Å². The van der Waals surface area contributed by atoms with Crippen molar-refractivity contribution in [1.82, 2.24) is 5.32 Å². The molecule has 110 valence electrons. The molecule has 1 amide bonds. The van der Waals surface area contributed by atoms with Crippen molar-refractivity contribution in [3.63, 3.8) is 0 Å². The van der Waals surface area contributed by atoms with Crippen LogP contribution in [0.3, 0.4) is 0 Å². The molecule has 0 fully saturated rings. The lowest BCUT2D eigenvalue weighted by atomic mass is 10.1. The lowest BCUT2D eigenvalue weighted by molar-refractivity contribution is -0.120. The molecule has 0 unspecified atom stereocenters. The smallest absolute Gasteiger partial charge is 0.224 e. The summed E-state index contributed by atoms with van der Waals surface area (Å²) < 4.78 is 0. The quantitative estimate of drug-likeness (QED) is 0.762. The third-order valence-electron chi connectivity index (χ3n) is 3.61. The molecule has 3 rings (SSSR count). The summed E-state index contributed by atoms with van der Waals surface area (Å²) in [5.74, 6) is -0.0266. The summed E-state index contributed by atoms with van der Waals surface area (Å²) in [7, 11) is 0. The summed E-state index contributed by atoms with van der Waals surface area (Å²) in [4.78, 5) is 12.0. The van der Waals surface area contributed by atoms with E-state index in [-0.39, 0.29) is 5.91 Å². The van der Waals surface area contributed by atoms with Gasteiger partial charge >= 0.3 is 0 Å². The molecule has 2 nitrogen and oxygen atoms in total. The van der Waals surface area contributed by atoms with E-state index >= 15 is 0 Å². The summed E-state index contributed by atoms with van der Waals surface area (Å²) in [5.41, 5.74) is 1.94. The summed E-state index contributed by atoms with van der Waals surface area (Å²) in [5, 5.41) is 5.95. The Balaban J connectivity index is 1.63. The molecule has 3 heteroatoms. The fourth-order valence-corrected chi connectivity index (χ4v) is 2.63. The Morgan fingerprint density at radius 2 is 1.64 bits per heavy atom. The van der Waals surface area contributed by atoms with Gasteiger partial charge in [-0.15, -0.1) is 0 Å². The zero-order chi connectivity index (χ0) is 15.4. The van der Waals surface area contributed by atoms with Crippen molar-refractivity contribution in [2.24, 2.45) is 0 Å². The monoisotopic (exact) mass is 309 g/mol. The van der Waals surface area contributed by atoms with Gasteiger partial charge in [0.1, 0.15) is 0 Å². The van der Waals surface area contributed by atoms with E-state index in [4.69, 9.17) is 11.6 Å². The average molecular weight is 310 g/mol. The molecule has 22 heavy (non-hydrogen) atoms. The van der Waals surface area contributed by atoms with Gasteiger partial charge in [-0.05, 0) is 34.0 Å². The number of halogens is 1.